The smallest absolute Gasteiger partial charge is 0.354 e. The zero-order chi connectivity index (χ0) is 26.1. The van der Waals surface area contributed by atoms with Gasteiger partial charge in [0.1, 0.15) is 11.7 Å². The highest BCUT2D eigenvalue weighted by Crippen LogP contribution is 2.30. The number of rotatable bonds is 6. The zero-order valence-electron chi connectivity index (χ0n) is 20.1. The Labute approximate surface area is 204 Å². The molecule has 1 aliphatic rings. The molecule has 1 aliphatic heterocycles. The molecule has 186 valence electrons. The van der Waals surface area contributed by atoms with Gasteiger partial charge >= 0.3 is 5.97 Å². The van der Waals surface area contributed by atoms with E-state index < -0.39 is 43.4 Å². The molecule has 1 heterocycles. The SMILES string of the molecule is COC(=O)/C(=C\c1c(C)cc(C)cc1C)N1CCN(S(=O)(=O)c2ccccc2[N+](=O)[O-])[C@@H](C)C1=O. The Morgan fingerprint density at radius 3 is 2.31 bits per heavy atom. The van der Waals surface area contributed by atoms with Gasteiger partial charge in [-0.2, -0.15) is 4.31 Å². The summed E-state index contributed by atoms with van der Waals surface area (Å²) in [7, 11) is -3.16. The summed E-state index contributed by atoms with van der Waals surface area (Å²) in [5, 5.41) is 11.4. The van der Waals surface area contributed by atoms with Crippen LogP contribution < -0.4 is 0 Å². The van der Waals surface area contributed by atoms with Crippen LogP contribution >= 0.6 is 0 Å². The molecule has 11 heteroatoms. The number of esters is 1. The Balaban J connectivity index is 2.01. The number of nitro groups is 1. The van der Waals surface area contributed by atoms with Crippen LogP contribution in [-0.2, 0) is 24.3 Å². The summed E-state index contributed by atoms with van der Waals surface area (Å²) in [4.78, 5) is 37.4. The molecule has 0 unspecified atom stereocenters. The highest BCUT2D eigenvalue weighted by molar-refractivity contribution is 7.89. The Bertz CT molecular complexity index is 1310. The second kappa shape index (κ2) is 9.96. The van der Waals surface area contributed by atoms with E-state index in [0.717, 1.165) is 38.7 Å². The lowest BCUT2D eigenvalue weighted by Gasteiger charge is -2.38. The van der Waals surface area contributed by atoms with Gasteiger partial charge in [-0.05, 0) is 56.5 Å². The molecule has 2 aromatic carbocycles. The quantitative estimate of drug-likeness (QED) is 0.258. The van der Waals surface area contributed by atoms with Gasteiger partial charge in [0, 0.05) is 19.2 Å². The summed E-state index contributed by atoms with van der Waals surface area (Å²) in [6.45, 7) is 6.83. The van der Waals surface area contributed by atoms with Gasteiger partial charge in [0.25, 0.3) is 15.7 Å². The second-order valence-corrected chi connectivity index (χ2v) is 10.2. The normalized spacial score (nSPS) is 17.4. The van der Waals surface area contributed by atoms with Crippen LogP contribution in [0, 0.1) is 30.9 Å². The number of benzene rings is 2. The van der Waals surface area contributed by atoms with Crippen LogP contribution in [0.15, 0.2) is 47.0 Å². The Morgan fingerprint density at radius 1 is 1.14 bits per heavy atom. The molecule has 0 aliphatic carbocycles. The fraction of sp³-hybridized carbons (Fsp3) is 0.333. The van der Waals surface area contributed by atoms with Crippen LogP contribution in [0.2, 0.25) is 0 Å². The van der Waals surface area contributed by atoms with Crippen molar-refractivity contribution >= 4 is 33.7 Å². The van der Waals surface area contributed by atoms with E-state index in [9.17, 15) is 28.1 Å². The molecule has 0 saturated carbocycles. The molecule has 3 rings (SSSR count). The number of ether oxygens (including phenoxy) is 1. The molecular formula is C24H27N3O7S. The first-order chi connectivity index (χ1) is 16.4. The van der Waals surface area contributed by atoms with Gasteiger partial charge in [0.2, 0.25) is 5.91 Å². The number of methoxy groups -OCH3 is 1. The maximum atomic E-state index is 13.3. The van der Waals surface area contributed by atoms with Gasteiger partial charge < -0.3 is 9.64 Å². The van der Waals surface area contributed by atoms with E-state index in [-0.39, 0.29) is 18.8 Å². The minimum atomic E-state index is -4.36. The summed E-state index contributed by atoms with van der Waals surface area (Å²) in [6, 6.07) is 7.69. The minimum Gasteiger partial charge on any atom is -0.464 e. The first kappa shape index (κ1) is 26.0. The fourth-order valence-electron chi connectivity index (χ4n) is 4.28. The van der Waals surface area contributed by atoms with E-state index in [1.807, 2.05) is 32.9 Å². The van der Waals surface area contributed by atoms with Gasteiger partial charge in [-0.25, -0.2) is 13.2 Å². The van der Waals surface area contributed by atoms with Crippen molar-refractivity contribution in [1.29, 1.82) is 0 Å². The molecule has 0 N–H and O–H groups in total. The predicted octanol–water partition coefficient (Wildman–Crippen LogP) is 2.96. The largest absolute Gasteiger partial charge is 0.464 e. The highest BCUT2D eigenvalue weighted by Gasteiger charge is 2.43. The molecule has 0 aromatic heterocycles. The molecular weight excluding hydrogens is 474 g/mol. The van der Waals surface area contributed by atoms with Gasteiger partial charge in [-0.15, -0.1) is 0 Å². The maximum Gasteiger partial charge on any atom is 0.354 e. The summed E-state index contributed by atoms with van der Waals surface area (Å²) >= 11 is 0. The first-order valence-corrected chi connectivity index (χ1v) is 12.3. The van der Waals surface area contributed by atoms with Crippen molar-refractivity contribution in [1.82, 2.24) is 9.21 Å². The summed E-state index contributed by atoms with van der Waals surface area (Å²) in [6.07, 6.45) is 1.58. The summed E-state index contributed by atoms with van der Waals surface area (Å²) < 4.78 is 32.4. The summed E-state index contributed by atoms with van der Waals surface area (Å²) in [5.41, 5.74) is 3.03. The van der Waals surface area contributed by atoms with Crippen LogP contribution in [-0.4, -0.2) is 60.7 Å². The van der Waals surface area contributed by atoms with Crippen molar-refractivity contribution in [2.24, 2.45) is 0 Å². The number of nitro benzene ring substituents is 1. The van der Waals surface area contributed by atoms with E-state index in [2.05, 4.69) is 0 Å². The molecule has 1 atom stereocenters. The average Bonchev–Trinajstić information content (AvgIpc) is 2.80. The lowest BCUT2D eigenvalue weighted by molar-refractivity contribution is -0.387. The molecule has 0 spiro atoms. The number of piperazine rings is 1. The molecule has 1 fully saturated rings. The number of aryl methyl sites for hydroxylation is 3. The topological polar surface area (TPSA) is 127 Å². The van der Waals surface area contributed by atoms with E-state index in [0.29, 0.717) is 0 Å². The van der Waals surface area contributed by atoms with E-state index in [1.54, 1.807) is 6.08 Å². The van der Waals surface area contributed by atoms with Gasteiger partial charge in [0.05, 0.1) is 12.0 Å². The van der Waals surface area contributed by atoms with Gasteiger partial charge in [0.15, 0.2) is 4.90 Å². The number of carbonyl (C=O) groups is 2. The van der Waals surface area contributed by atoms with Crippen LogP contribution in [0.3, 0.4) is 0 Å². The number of sulfonamides is 1. The maximum absolute atomic E-state index is 13.3. The van der Waals surface area contributed by atoms with E-state index >= 15 is 0 Å². The highest BCUT2D eigenvalue weighted by atomic mass is 32.2. The molecule has 2 aromatic rings. The lowest BCUT2D eigenvalue weighted by Crippen LogP contribution is -2.57. The van der Waals surface area contributed by atoms with Crippen LogP contribution in [0.25, 0.3) is 6.08 Å². The molecule has 0 bridgehead atoms. The average molecular weight is 502 g/mol. The van der Waals surface area contributed by atoms with Gasteiger partial charge in [-0.3, -0.25) is 14.9 Å². The zero-order valence-corrected chi connectivity index (χ0v) is 21.0. The van der Waals surface area contributed by atoms with Crippen molar-refractivity contribution in [3.8, 4) is 0 Å². The van der Waals surface area contributed by atoms with Crippen molar-refractivity contribution in [2.45, 2.75) is 38.6 Å². The Hall–Kier alpha value is -3.57. The fourth-order valence-corrected chi connectivity index (χ4v) is 6.02. The molecule has 35 heavy (non-hydrogen) atoms. The lowest BCUT2D eigenvalue weighted by atomic mass is 9.98. The molecule has 10 nitrogen and oxygen atoms in total. The molecule has 1 saturated heterocycles. The second-order valence-electron chi connectivity index (χ2n) is 8.34. The van der Waals surface area contributed by atoms with E-state index in [1.165, 1.54) is 31.1 Å². The first-order valence-electron chi connectivity index (χ1n) is 10.8. The third-order valence-electron chi connectivity index (χ3n) is 5.95. The Kier molecular flexibility index (Phi) is 7.41. The van der Waals surface area contributed by atoms with Crippen LogP contribution in [0.5, 0.6) is 0 Å². The van der Waals surface area contributed by atoms with Crippen molar-refractivity contribution in [2.75, 3.05) is 20.2 Å². The number of hydrogen-bond acceptors (Lipinski definition) is 7. The predicted molar refractivity (Wildman–Crippen MR) is 129 cm³/mol. The third kappa shape index (κ3) is 4.96. The van der Waals surface area contributed by atoms with Crippen molar-refractivity contribution in [3.05, 3.63) is 74.5 Å². The number of amides is 1. The number of para-hydroxylation sites is 1. The number of carbonyl (C=O) groups excluding carboxylic acids is 2. The molecule has 0 radical (unpaired) electrons. The molecule has 1 amide bonds. The van der Waals surface area contributed by atoms with Gasteiger partial charge in [-0.1, -0.05) is 29.8 Å². The standard InChI is InChI=1S/C24H27N3O7S/c1-15-12-16(2)19(17(3)13-15)14-21(24(29)34-5)25-10-11-26(18(4)23(25)28)35(32,33)22-9-7-6-8-20(22)27(30)31/h6-9,12-14,18H,10-11H2,1-5H3/b21-14+/t18-/m0/s1. The number of hydrogen-bond donors (Lipinski definition) is 0. The Morgan fingerprint density at radius 2 is 1.74 bits per heavy atom. The van der Waals surface area contributed by atoms with Crippen molar-refractivity contribution < 1.29 is 27.7 Å². The number of nitrogens with zero attached hydrogens (tertiary/aromatic N) is 3. The third-order valence-corrected chi connectivity index (χ3v) is 7.97. The van der Waals surface area contributed by atoms with Crippen LogP contribution in [0.4, 0.5) is 5.69 Å². The van der Waals surface area contributed by atoms with Crippen molar-refractivity contribution in [3.63, 3.8) is 0 Å². The van der Waals surface area contributed by atoms with Crippen LogP contribution in [0.1, 0.15) is 29.2 Å². The minimum absolute atomic E-state index is 0.0119. The monoisotopic (exact) mass is 501 g/mol. The van der Waals surface area contributed by atoms with E-state index in [4.69, 9.17) is 4.74 Å². The summed E-state index contributed by atoms with van der Waals surface area (Å²) in [5.74, 6) is -1.38.